The van der Waals surface area contributed by atoms with E-state index in [9.17, 15) is 14.7 Å². The fraction of sp³-hybridized carbons (Fsp3) is 0.611. The maximum Gasteiger partial charge on any atom is 0.226 e. The number of nitrogens with zero attached hydrogens (tertiary/aromatic N) is 2. The number of aryl methyl sites for hydroxylation is 1. The van der Waals surface area contributed by atoms with Crippen LogP contribution in [-0.4, -0.2) is 75.0 Å². The van der Waals surface area contributed by atoms with Crippen molar-refractivity contribution in [1.82, 2.24) is 4.90 Å². The number of ether oxygens (including phenoxy) is 2. The lowest BCUT2D eigenvalue weighted by atomic mass is 9.95. The van der Waals surface area contributed by atoms with Gasteiger partial charge in [0.25, 0.3) is 0 Å². The summed E-state index contributed by atoms with van der Waals surface area (Å²) in [7, 11) is -0.377. The molecule has 7 nitrogen and oxygen atoms in total. The zero-order valence-electron chi connectivity index (χ0n) is 27.2. The molecule has 0 saturated carbocycles. The Hall–Kier alpha value is -2.68. The summed E-state index contributed by atoms with van der Waals surface area (Å²) in [5, 5.41) is 11.2. The number of likely N-dealkylation sites (tertiary alicyclic amines) is 1. The smallest absolute Gasteiger partial charge is 0.226 e. The largest absolute Gasteiger partial charge is 0.497 e. The van der Waals surface area contributed by atoms with Gasteiger partial charge >= 0.3 is 0 Å². The highest BCUT2D eigenvalue weighted by Gasteiger charge is 2.51. The van der Waals surface area contributed by atoms with Gasteiger partial charge in [0.05, 0.1) is 46.5 Å². The van der Waals surface area contributed by atoms with Crippen LogP contribution < -0.4 is 14.8 Å². The summed E-state index contributed by atoms with van der Waals surface area (Å²) in [5.41, 5.74) is 2.52. The highest BCUT2D eigenvalue weighted by atomic mass is 28.3. The molecule has 3 fully saturated rings. The fourth-order valence-electron chi connectivity index (χ4n) is 8.07. The van der Waals surface area contributed by atoms with E-state index >= 15 is 0 Å². The molecule has 3 saturated heterocycles. The number of methoxy groups -OCH3 is 1. The third-order valence-electron chi connectivity index (χ3n) is 10.6. The Morgan fingerprint density at radius 2 is 1.70 bits per heavy atom. The van der Waals surface area contributed by atoms with Crippen molar-refractivity contribution in [2.45, 2.75) is 108 Å². The van der Waals surface area contributed by atoms with Crippen molar-refractivity contribution in [3.8, 4) is 5.75 Å². The lowest BCUT2D eigenvalue weighted by molar-refractivity contribution is -0.135. The Bertz CT molecular complexity index is 1250. The number of benzene rings is 2. The molecule has 240 valence electrons. The quantitative estimate of drug-likeness (QED) is 0.346. The number of carbonyl (C=O) groups is 2. The van der Waals surface area contributed by atoms with Crippen LogP contribution in [-0.2, 0) is 20.7 Å². The van der Waals surface area contributed by atoms with Crippen molar-refractivity contribution >= 4 is 30.8 Å². The molecule has 2 amide bonds. The monoisotopic (exact) mass is 620 g/mol. The summed E-state index contributed by atoms with van der Waals surface area (Å²) in [6.07, 6.45) is 8.89. The van der Waals surface area contributed by atoms with Crippen LogP contribution in [0.3, 0.4) is 0 Å². The Balaban J connectivity index is 1.30. The van der Waals surface area contributed by atoms with E-state index in [4.69, 9.17) is 9.47 Å². The van der Waals surface area contributed by atoms with E-state index in [0.717, 1.165) is 69.5 Å². The zero-order valence-corrected chi connectivity index (χ0v) is 28.2. The topological polar surface area (TPSA) is 79.3 Å². The van der Waals surface area contributed by atoms with Gasteiger partial charge in [-0.2, -0.15) is 0 Å². The second kappa shape index (κ2) is 14.6. The number of carbonyl (C=O) groups excluding carboxylic acids is 2. The summed E-state index contributed by atoms with van der Waals surface area (Å²) in [5.74, 6) is 1.50. The minimum Gasteiger partial charge on any atom is -0.497 e. The zero-order chi connectivity index (χ0) is 31.3. The fourth-order valence-corrected chi connectivity index (χ4v) is 12.1. The summed E-state index contributed by atoms with van der Waals surface area (Å²) in [6, 6.07) is 17.0. The van der Waals surface area contributed by atoms with Gasteiger partial charge in [-0.3, -0.25) is 9.59 Å². The van der Waals surface area contributed by atoms with Crippen LogP contribution >= 0.6 is 0 Å². The molecule has 3 aliphatic rings. The predicted molar refractivity (Wildman–Crippen MR) is 178 cm³/mol. The standard InChI is InChI=1S/C36H52N2O5Si/c1-26-32(21-14-27-12-15-28(16-13-27)37-22-8-6-5-7-11-34(37)40)43-33(24-35(41)38-23-9-10-29(38)25-39)36(26)44(3,4)31-19-17-30(42-2)18-20-31/h12-13,15-20,26,29,32-33,36,39H,5-11,14,21-25H2,1-4H3/t26-,29-,32+,33-,36+/m0/s1. The second-order valence-corrected chi connectivity index (χ2v) is 18.4. The average molecular weight is 621 g/mol. The van der Waals surface area contributed by atoms with Crippen molar-refractivity contribution in [3.05, 3.63) is 54.1 Å². The molecule has 5 rings (SSSR count). The number of aliphatic hydroxyl groups excluding tert-OH is 1. The minimum absolute atomic E-state index is 0.0243. The van der Waals surface area contributed by atoms with E-state index in [1.54, 1.807) is 7.11 Å². The Labute approximate surface area is 264 Å². The number of amides is 2. The predicted octanol–water partition coefficient (Wildman–Crippen LogP) is 5.69. The maximum absolute atomic E-state index is 13.6. The molecule has 5 atom stereocenters. The highest BCUT2D eigenvalue weighted by Crippen LogP contribution is 2.46. The lowest BCUT2D eigenvalue weighted by Crippen LogP contribution is -2.51. The van der Waals surface area contributed by atoms with Crippen LogP contribution in [0.25, 0.3) is 0 Å². The van der Waals surface area contributed by atoms with E-state index in [1.165, 1.54) is 17.2 Å². The molecule has 2 aromatic carbocycles. The first-order valence-electron chi connectivity index (χ1n) is 16.8. The van der Waals surface area contributed by atoms with Gasteiger partial charge < -0.3 is 24.4 Å². The molecule has 8 heteroatoms. The van der Waals surface area contributed by atoms with Gasteiger partial charge in [-0.25, -0.2) is 0 Å². The van der Waals surface area contributed by atoms with Crippen molar-refractivity contribution in [1.29, 1.82) is 0 Å². The van der Waals surface area contributed by atoms with Gasteiger partial charge in [0.1, 0.15) is 5.75 Å². The highest BCUT2D eigenvalue weighted by molar-refractivity contribution is 6.91. The molecule has 0 bridgehead atoms. The van der Waals surface area contributed by atoms with Gasteiger partial charge in [0, 0.05) is 25.2 Å². The van der Waals surface area contributed by atoms with Gasteiger partial charge in [0.15, 0.2) is 0 Å². The van der Waals surface area contributed by atoms with Crippen molar-refractivity contribution < 1.29 is 24.2 Å². The summed E-state index contributed by atoms with van der Waals surface area (Å²) in [6.45, 7) is 8.70. The van der Waals surface area contributed by atoms with Crippen molar-refractivity contribution in [2.75, 3.05) is 31.7 Å². The molecular weight excluding hydrogens is 568 g/mol. The number of hydrogen-bond acceptors (Lipinski definition) is 5. The molecule has 0 aliphatic carbocycles. The Morgan fingerprint density at radius 1 is 0.977 bits per heavy atom. The van der Waals surface area contributed by atoms with Crippen molar-refractivity contribution in [2.24, 2.45) is 5.92 Å². The molecule has 0 unspecified atom stereocenters. The van der Waals surface area contributed by atoms with Gasteiger partial charge in [-0.1, -0.05) is 62.3 Å². The first kappa shape index (κ1) is 32.7. The molecule has 0 spiro atoms. The molecule has 44 heavy (non-hydrogen) atoms. The molecule has 3 aliphatic heterocycles. The average Bonchev–Trinajstić information content (AvgIpc) is 3.63. The molecule has 3 heterocycles. The van der Waals surface area contributed by atoms with E-state index in [2.05, 4.69) is 56.4 Å². The maximum atomic E-state index is 13.6. The summed E-state index contributed by atoms with van der Waals surface area (Å²) in [4.78, 5) is 30.2. The van der Waals surface area contributed by atoms with Gasteiger partial charge in [0.2, 0.25) is 11.8 Å². The molecule has 2 aromatic rings. The van der Waals surface area contributed by atoms with Crippen molar-refractivity contribution in [3.63, 3.8) is 0 Å². The van der Waals surface area contributed by atoms with E-state index in [1.807, 2.05) is 21.9 Å². The number of aliphatic hydroxyl groups is 1. The Kier molecular flexibility index (Phi) is 10.9. The number of anilines is 1. The third-order valence-corrected chi connectivity index (χ3v) is 15.0. The van der Waals surface area contributed by atoms with Crippen LogP contribution in [0, 0.1) is 5.92 Å². The van der Waals surface area contributed by atoms with E-state index < -0.39 is 8.07 Å². The SMILES string of the molecule is COc1ccc([Si](C)(C)[C@@H]2[C@@H](C)[C@@H](CCc3ccc(N4CCCCCCC4=O)cc3)O[C@H]2CC(=O)N2CCC[C@H]2CO)cc1. The normalized spacial score (nSPS) is 26.5. The third kappa shape index (κ3) is 7.24. The van der Waals surface area contributed by atoms with Gasteiger partial charge in [-0.15, -0.1) is 0 Å². The van der Waals surface area contributed by atoms with Crippen LogP contribution in [0.2, 0.25) is 18.6 Å². The second-order valence-electron chi connectivity index (χ2n) is 13.7. The first-order chi connectivity index (χ1) is 21.2. The summed E-state index contributed by atoms with van der Waals surface area (Å²) >= 11 is 0. The van der Waals surface area contributed by atoms with E-state index in [-0.39, 0.29) is 42.2 Å². The van der Waals surface area contributed by atoms with E-state index in [0.29, 0.717) is 18.8 Å². The van der Waals surface area contributed by atoms with Crippen LogP contribution in [0.5, 0.6) is 5.75 Å². The van der Waals surface area contributed by atoms with Crippen LogP contribution in [0.1, 0.15) is 70.3 Å². The Morgan fingerprint density at radius 3 is 2.41 bits per heavy atom. The van der Waals surface area contributed by atoms with Crippen LogP contribution in [0.15, 0.2) is 48.5 Å². The number of rotatable bonds is 10. The molecular formula is C36H52N2O5Si. The minimum atomic E-state index is -2.07. The first-order valence-corrected chi connectivity index (χ1v) is 19.9. The molecule has 0 radical (unpaired) electrons. The van der Waals surface area contributed by atoms with Gasteiger partial charge in [-0.05, 0) is 79.8 Å². The lowest BCUT2D eigenvalue weighted by Gasteiger charge is -2.36. The van der Waals surface area contributed by atoms with Crippen LogP contribution in [0.4, 0.5) is 5.69 Å². The number of hydrogen-bond donors (Lipinski definition) is 1. The molecule has 1 N–H and O–H groups in total. The summed E-state index contributed by atoms with van der Waals surface area (Å²) < 4.78 is 12.3. The molecule has 0 aromatic heterocycles.